The predicted molar refractivity (Wildman–Crippen MR) is 111 cm³/mol. The van der Waals surface area contributed by atoms with Crippen LogP contribution in [0.3, 0.4) is 0 Å². The van der Waals surface area contributed by atoms with Gasteiger partial charge in [-0.05, 0) is 48.4 Å². The van der Waals surface area contributed by atoms with E-state index in [0.717, 1.165) is 20.6 Å². The lowest BCUT2D eigenvalue weighted by molar-refractivity contribution is -0.116. The topological polar surface area (TPSA) is 116 Å². The summed E-state index contributed by atoms with van der Waals surface area (Å²) in [5.74, 6) is -1.52. The number of thiophene rings is 1. The molecule has 0 aliphatic carbocycles. The summed E-state index contributed by atoms with van der Waals surface area (Å²) in [4.78, 5) is 36.5. The highest BCUT2D eigenvalue weighted by Gasteiger charge is 2.25. The summed E-state index contributed by atoms with van der Waals surface area (Å²) in [5, 5.41) is 7.29. The molecule has 0 aliphatic heterocycles. The Balaban J connectivity index is 2.15. The van der Waals surface area contributed by atoms with E-state index in [1.165, 1.54) is 0 Å². The molecule has 0 spiro atoms. The molecular weight excluding hydrogens is 483 g/mol. The van der Waals surface area contributed by atoms with Crippen molar-refractivity contribution in [2.75, 3.05) is 11.9 Å². The number of aryl methyl sites for hydroxylation is 2. The molecule has 0 atom stereocenters. The number of carbonyl (C=O) groups is 3. The molecule has 0 bridgehead atoms. The van der Waals surface area contributed by atoms with Crippen LogP contribution in [0.25, 0.3) is 0 Å². The van der Waals surface area contributed by atoms with Crippen molar-refractivity contribution in [1.29, 1.82) is 0 Å². The van der Waals surface area contributed by atoms with Gasteiger partial charge in [-0.2, -0.15) is 5.10 Å². The van der Waals surface area contributed by atoms with Crippen molar-refractivity contribution in [3.8, 4) is 0 Å². The number of hydrogen-bond acceptors (Lipinski definition) is 6. The molecule has 2 amide bonds. The molecule has 27 heavy (non-hydrogen) atoms. The molecule has 0 radical (unpaired) electrons. The van der Waals surface area contributed by atoms with Crippen molar-refractivity contribution >= 4 is 56.7 Å². The fourth-order valence-corrected chi connectivity index (χ4v) is 3.86. The number of rotatable bonds is 8. The fourth-order valence-electron chi connectivity index (χ4n) is 2.36. The second kappa shape index (κ2) is 9.31. The number of halogens is 1. The number of carbonyl (C=O) groups excluding carboxylic acids is 3. The van der Waals surface area contributed by atoms with Gasteiger partial charge in [0.25, 0.3) is 5.91 Å². The minimum Gasteiger partial charge on any atom is -0.462 e. The van der Waals surface area contributed by atoms with E-state index in [4.69, 9.17) is 10.5 Å². The summed E-state index contributed by atoms with van der Waals surface area (Å²) in [5.41, 5.74) is 6.87. The first kappa shape index (κ1) is 21.4. The summed E-state index contributed by atoms with van der Waals surface area (Å²) in [7, 11) is 0. The van der Waals surface area contributed by atoms with E-state index in [1.54, 1.807) is 11.6 Å². The zero-order chi connectivity index (χ0) is 20.1. The maximum atomic E-state index is 12.3. The van der Waals surface area contributed by atoms with Gasteiger partial charge in [-0.3, -0.25) is 14.3 Å². The highest BCUT2D eigenvalue weighted by atomic mass is 127. The van der Waals surface area contributed by atoms with Crippen molar-refractivity contribution in [3.63, 3.8) is 0 Å². The van der Waals surface area contributed by atoms with Crippen LogP contribution in [0.2, 0.25) is 0 Å². The molecule has 146 valence electrons. The molecule has 10 heteroatoms. The van der Waals surface area contributed by atoms with Crippen LogP contribution in [0, 0.1) is 17.4 Å². The average molecular weight is 504 g/mol. The minimum atomic E-state index is -0.649. The van der Waals surface area contributed by atoms with Crippen LogP contribution in [0.4, 0.5) is 5.00 Å². The fraction of sp³-hybridized carbons (Fsp3) is 0.412. The molecule has 2 aromatic heterocycles. The molecule has 0 saturated heterocycles. The maximum Gasteiger partial charge on any atom is 0.341 e. The van der Waals surface area contributed by atoms with E-state index < -0.39 is 11.9 Å². The van der Waals surface area contributed by atoms with Crippen LogP contribution in [0.15, 0.2) is 6.20 Å². The lowest BCUT2D eigenvalue weighted by Gasteiger charge is -2.08. The van der Waals surface area contributed by atoms with Gasteiger partial charge in [-0.1, -0.05) is 6.92 Å². The second-order valence-corrected chi connectivity index (χ2v) is 8.07. The number of amides is 2. The Kier molecular flexibility index (Phi) is 7.36. The summed E-state index contributed by atoms with van der Waals surface area (Å²) in [6.07, 6.45) is 2.70. The number of anilines is 1. The summed E-state index contributed by atoms with van der Waals surface area (Å²) in [6.45, 7) is 6.04. The van der Waals surface area contributed by atoms with Crippen LogP contribution in [0.5, 0.6) is 0 Å². The highest BCUT2D eigenvalue weighted by Crippen LogP contribution is 2.33. The van der Waals surface area contributed by atoms with Gasteiger partial charge < -0.3 is 15.8 Å². The lowest BCUT2D eigenvalue weighted by atomic mass is 10.1. The van der Waals surface area contributed by atoms with Crippen molar-refractivity contribution in [3.05, 3.63) is 31.5 Å². The molecule has 0 aliphatic rings. The monoisotopic (exact) mass is 504 g/mol. The molecule has 0 saturated carbocycles. The van der Waals surface area contributed by atoms with Gasteiger partial charge in [0.05, 0.1) is 26.3 Å². The normalized spacial score (nSPS) is 10.7. The van der Waals surface area contributed by atoms with Gasteiger partial charge in [0.2, 0.25) is 5.91 Å². The first-order valence-corrected chi connectivity index (χ1v) is 10.2. The number of nitrogens with one attached hydrogen (secondary N) is 1. The Hall–Kier alpha value is -1.95. The van der Waals surface area contributed by atoms with Crippen LogP contribution < -0.4 is 11.1 Å². The van der Waals surface area contributed by atoms with E-state index in [2.05, 4.69) is 33.0 Å². The first-order valence-electron chi connectivity index (χ1n) is 8.34. The third-order valence-corrected chi connectivity index (χ3v) is 6.00. The molecule has 0 unspecified atom stereocenters. The SMILES string of the molecule is CCCOC(=O)c1c(NC(=O)CCn2cc(I)c(C)n2)sc(C(N)=O)c1C. The lowest BCUT2D eigenvalue weighted by Crippen LogP contribution is -2.17. The summed E-state index contributed by atoms with van der Waals surface area (Å²) in [6, 6.07) is 0. The molecule has 0 aromatic carbocycles. The third kappa shape index (κ3) is 5.28. The molecule has 0 fully saturated rings. The number of nitrogens with zero attached hydrogens (tertiary/aromatic N) is 2. The number of hydrogen-bond donors (Lipinski definition) is 2. The Bertz CT molecular complexity index is 855. The smallest absolute Gasteiger partial charge is 0.341 e. The van der Waals surface area contributed by atoms with Crippen molar-refractivity contribution < 1.29 is 19.1 Å². The van der Waals surface area contributed by atoms with Crippen LogP contribution in [-0.2, 0) is 16.1 Å². The zero-order valence-electron chi connectivity index (χ0n) is 15.3. The van der Waals surface area contributed by atoms with Gasteiger partial charge in [0, 0.05) is 19.2 Å². The average Bonchev–Trinajstić information content (AvgIpc) is 3.10. The number of primary amides is 1. The number of aromatic nitrogens is 2. The molecular formula is C17H21IN4O4S. The Labute approximate surface area is 174 Å². The van der Waals surface area contributed by atoms with Crippen molar-refractivity contribution in [2.45, 2.75) is 40.2 Å². The largest absolute Gasteiger partial charge is 0.462 e. The van der Waals surface area contributed by atoms with Gasteiger partial charge in [0.1, 0.15) is 5.00 Å². The molecule has 2 aromatic rings. The van der Waals surface area contributed by atoms with Crippen LogP contribution >= 0.6 is 33.9 Å². The minimum absolute atomic E-state index is 0.170. The second-order valence-electron chi connectivity index (χ2n) is 5.88. The summed E-state index contributed by atoms with van der Waals surface area (Å²) < 4.78 is 7.89. The molecule has 2 rings (SSSR count). The molecule has 8 nitrogen and oxygen atoms in total. The maximum absolute atomic E-state index is 12.3. The zero-order valence-corrected chi connectivity index (χ0v) is 18.3. The highest BCUT2D eigenvalue weighted by molar-refractivity contribution is 14.1. The Morgan fingerprint density at radius 1 is 1.37 bits per heavy atom. The summed E-state index contributed by atoms with van der Waals surface area (Å²) >= 11 is 3.16. The van der Waals surface area contributed by atoms with Crippen molar-refractivity contribution in [1.82, 2.24) is 9.78 Å². The molecule has 2 heterocycles. The van der Waals surface area contributed by atoms with Gasteiger partial charge >= 0.3 is 5.97 Å². The van der Waals surface area contributed by atoms with E-state index in [0.29, 0.717) is 18.5 Å². The standard InChI is InChI=1S/C17H21IN4O4S/c1-4-7-26-17(25)13-9(2)14(15(19)24)27-16(13)20-12(23)5-6-22-8-11(18)10(3)21-22/h8H,4-7H2,1-3H3,(H2,19,24)(H,20,23). The predicted octanol–water partition coefficient (Wildman–Crippen LogP) is 2.86. The van der Waals surface area contributed by atoms with Gasteiger partial charge in [0.15, 0.2) is 0 Å². The Morgan fingerprint density at radius 2 is 2.07 bits per heavy atom. The molecule has 3 N–H and O–H groups in total. The van der Waals surface area contributed by atoms with Gasteiger partial charge in [-0.25, -0.2) is 4.79 Å². The van der Waals surface area contributed by atoms with Crippen LogP contribution in [0.1, 0.15) is 51.1 Å². The Morgan fingerprint density at radius 3 is 2.63 bits per heavy atom. The van der Waals surface area contributed by atoms with E-state index in [9.17, 15) is 14.4 Å². The number of esters is 1. The van der Waals surface area contributed by atoms with E-state index >= 15 is 0 Å². The van der Waals surface area contributed by atoms with Crippen molar-refractivity contribution in [2.24, 2.45) is 5.73 Å². The van der Waals surface area contributed by atoms with Crippen LogP contribution in [-0.4, -0.2) is 34.2 Å². The van der Waals surface area contributed by atoms with E-state index in [1.807, 2.05) is 20.0 Å². The van der Waals surface area contributed by atoms with Gasteiger partial charge in [-0.15, -0.1) is 11.3 Å². The quantitative estimate of drug-likeness (QED) is 0.424. The number of ether oxygens (including phenoxy) is 1. The number of nitrogens with two attached hydrogens (primary N) is 1. The van der Waals surface area contributed by atoms with E-state index in [-0.39, 0.29) is 34.4 Å². The third-order valence-electron chi connectivity index (χ3n) is 3.72. The first-order chi connectivity index (χ1) is 12.7.